The average molecular weight is 321 g/mol. The molecule has 2 N–H and O–H groups in total. The highest BCUT2D eigenvalue weighted by Crippen LogP contribution is 2.22. The number of carbonyl (C=O) groups is 1. The highest BCUT2D eigenvalue weighted by molar-refractivity contribution is 5.92. The number of hydrogen-bond donors (Lipinski definition) is 2. The summed E-state index contributed by atoms with van der Waals surface area (Å²) < 4.78 is 0. The zero-order valence-electron chi connectivity index (χ0n) is 14.2. The van der Waals surface area contributed by atoms with Gasteiger partial charge in [0.15, 0.2) is 0 Å². The minimum atomic E-state index is -0.0208. The number of carbonyl (C=O) groups excluding carboxylic acids is 1. The van der Waals surface area contributed by atoms with E-state index in [1.54, 1.807) is 6.07 Å². The second kappa shape index (κ2) is 8.73. The van der Waals surface area contributed by atoms with Crippen LogP contribution in [0, 0.1) is 11.3 Å². The molecular formula is C20H23N3O. The van der Waals surface area contributed by atoms with E-state index in [9.17, 15) is 4.79 Å². The molecule has 0 radical (unpaired) electrons. The molecule has 0 aliphatic heterocycles. The van der Waals surface area contributed by atoms with Crippen molar-refractivity contribution in [3.05, 3.63) is 59.2 Å². The normalized spacial score (nSPS) is 10.0. The first-order valence-corrected chi connectivity index (χ1v) is 8.33. The number of hydrogen-bond acceptors (Lipinski definition) is 3. The lowest BCUT2D eigenvalue weighted by Crippen LogP contribution is -2.18. The predicted molar refractivity (Wildman–Crippen MR) is 98.1 cm³/mol. The third-order valence-corrected chi connectivity index (χ3v) is 3.98. The molecule has 0 bridgehead atoms. The average Bonchev–Trinajstić information content (AvgIpc) is 2.62. The van der Waals surface area contributed by atoms with Crippen LogP contribution in [0.5, 0.6) is 0 Å². The molecule has 24 heavy (non-hydrogen) atoms. The van der Waals surface area contributed by atoms with Gasteiger partial charge in [-0.05, 0) is 36.1 Å². The maximum atomic E-state index is 12.3. The van der Waals surface area contributed by atoms with Crippen LogP contribution in [0.15, 0.2) is 42.5 Å². The molecular weight excluding hydrogens is 298 g/mol. The quantitative estimate of drug-likeness (QED) is 0.806. The second-order valence-electron chi connectivity index (χ2n) is 5.54. The minimum Gasteiger partial charge on any atom is -0.383 e. The SMILES string of the molecule is CCc1cccc(CC)c1NC(=O)CCNc1ccccc1C#N. The third-order valence-electron chi connectivity index (χ3n) is 3.98. The lowest BCUT2D eigenvalue weighted by atomic mass is 10.0. The first kappa shape index (κ1) is 17.6. The number of para-hydroxylation sites is 2. The number of aryl methyl sites for hydroxylation is 2. The highest BCUT2D eigenvalue weighted by Gasteiger charge is 2.10. The third kappa shape index (κ3) is 4.36. The Kier molecular flexibility index (Phi) is 6.39. The number of nitrogens with zero attached hydrogens (tertiary/aromatic N) is 1. The maximum absolute atomic E-state index is 12.3. The Morgan fingerprint density at radius 2 is 1.71 bits per heavy atom. The fourth-order valence-corrected chi connectivity index (χ4v) is 2.65. The monoisotopic (exact) mass is 321 g/mol. The molecule has 0 spiro atoms. The molecule has 4 nitrogen and oxygen atoms in total. The van der Waals surface area contributed by atoms with Crippen LogP contribution in [0.3, 0.4) is 0 Å². The second-order valence-corrected chi connectivity index (χ2v) is 5.54. The van der Waals surface area contributed by atoms with Gasteiger partial charge in [0.1, 0.15) is 6.07 Å². The van der Waals surface area contributed by atoms with E-state index in [2.05, 4.69) is 42.7 Å². The summed E-state index contributed by atoms with van der Waals surface area (Å²) in [6.07, 6.45) is 2.12. The van der Waals surface area contributed by atoms with Crippen molar-refractivity contribution in [1.82, 2.24) is 0 Å². The van der Waals surface area contributed by atoms with Crippen LogP contribution in [0.2, 0.25) is 0 Å². The van der Waals surface area contributed by atoms with Gasteiger partial charge in [0.05, 0.1) is 11.3 Å². The van der Waals surface area contributed by atoms with Gasteiger partial charge in [-0.15, -0.1) is 0 Å². The van der Waals surface area contributed by atoms with E-state index in [1.807, 2.05) is 24.3 Å². The zero-order chi connectivity index (χ0) is 17.4. The van der Waals surface area contributed by atoms with E-state index >= 15 is 0 Å². The van der Waals surface area contributed by atoms with Crippen molar-refractivity contribution in [2.24, 2.45) is 0 Å². The Balaban J connectivity index is 1.96. The van der Waals surface area contributed by atoms with Gasteiger partial charge < -0.3 is 10.6 Å². The topological polar surface area (TPSA) is 64.9 Å². The van der Waals surface area contributed by atoms with Crippen molar-refractivity contribution < 1.29 is 4.79 Å². The van der Waals surface area contributed by atoms with Crippen molar-refractivity contribution in [1.29, 1.82) is 5.26 Å². The van der Waals surface area contributed by atoms with E-state index in [-0.39, 0.29) is 5.91 Å². The van der Waals surface area contributed by atoms with Gasteiger partial charge in [0.2, 0.25) is 5.91 Å². The summed E-state index contributed by atoms with van der Waals surface area (Å²) in [7, 11) is 0. The standard InChI is InChI=1S/C20H23N3O/c1-3-15-9-7-10-16(4-2)20(15)23-19(24)12-13-22-18-11-6-5-8-17(18)14-21/h5-11,22H,3-4,12-13H2,1-2H3,(H,23,24). The molecule has 0 aliphatic carbocycles. The molecule has 0 heterocycles. The van der Waals surface area contributed by atoms with Gasteiger partial charge in [0.25, 0.3) is 0 Å². The van der Waals surface area contributed by atoms with Gasteiger partial charge in [-0.2, -0.15) is 5.26 Å². The first-order valence-electron chi connectivity index (χ1n) is 8.33. The van der Waals surface area contributed by atoms with Gasteiger partial charge in [-0.25, -0.2) is 0 Å². The van der Waals surface area contributed by atoms with Crippen LogP contribution in [-0.2, 0) is 17.6 Å². The van der Waals surface area contributed by atoms with Crippen LogP contribution in [0.25, 0.3) is 0 Å². The van der Waals surface area contributed by atoms with Crippen molar-refractivity contribution in [3.8, 4) is 6.07 Å². The minimum absolute atomic E-state index is 0.0208. The van der Waals surface area contributed by atoms with Gasteiger partial charge in [-0.3, -0.25) is 4.79 Å². The van der Waals surface area contributed by atoms with Crippen molar-refractivity contribution in [2.75, 3.05) is 17.2 Å². The Hall–Kier alpha value is -2.80. The zero-order valence-corrected chi connectivity index (χ0v) is 14.2. The lowest BCUT2D eigenvalue weighted by molar-refractivity contribution is -0.115. The molecule has 0 fully saturated rings. The number of benzene rings is 2. The van der Waals surface area contributed by atoms with Crippen LogP contribution >= 0.6 is 0 Å². The molecule has 0 saturated carbocycles. The van der Waals surface area contributed by atoms with E-state index in [0.717, 1.165) is 35.3 Å². The summed E-state index contributed by atoms with van der Waals surface area (Å²) in [5.74, 6) is -0.0208. The van der Waals surface area contributed by atoms with Gasteiger partial charge >= 0.3 is 0 Å². The highest BCUT2D eigenvalue weighted by atomic mass is 16.1. The van der Waals surface area contributed by atoms with Crippen molar-refractivity contribution >= 4 is 17.3 Å². The van der Waals surface area contributed by atoms with Crippen LogP contribution in [0.4, 0.5) is 11.4 Å². The molecule has 2 aromatic rings. The van der Waals surface area contributed by atoms with E-state index in [1.165, 1.54) is 0 Å². The summed E-state index contributed by atoms with van der Waals surface area (Å²) in [5.41, 5.74) is 4.61. The van der Waals surface area contributed by atoms with E-state index in [0.29, 0.717) is 18.5 Å². The Labute approximate surface area is 143 Å². The fourth-order valence-electron chi connectivity index (χ4n) is 2.65. The fraction of sp³-hybridized carbons (Fsp3) is 0.300. The summed E-state index contributed by atoms with van der Waals surface area (Å²) in [5, 5.41) is 15.3. The Morgan fingerprint density at radius 3 is 2.33 bits per heavy atom. The number of nitrogens with one attached hydrogen (secondary N) is 2. The molecule has 124 valence electrons. The summed E-state index contributed by atoms with van der Waals surface area (Å²) in [6, 6.07) is 15.6. The molecule has 2 aromatic carbocycles. The smallest absolute Gasteiger partial charge is 0.226 e. The molecule has 0 atom stereocenters. The van der Waals surface area contributed by atoms with Crippen LogP contribution < -0.4 is 10.6 Å². The van der Waals surface area contributed by atoms with Crippen molar-refractivity contribution in [3.63, 3.8) is 0 Å². The van der Waals surface area contributed by atoms with Gasteiger partial charge in [-0.1, -0.05) is 44.2 Å². The largest absolute Gasteiger partial charge is 0.383 e. The molecule has 2 rings (SSSR count). The summed E-state index contributed by atoms with van der Waals surface area (Å²) >= 11 is 0. The van der Waals surface area contributed by atoms with E-state index in [4.69, 9.17) is 5.26 Å². The molecule has 0 aromatic heterocycles. The Bertz CT molecular complexity index is 725. The Morgan fingerprint density at radius 1 is 1.04 bits per heavy atom. The number of nitriles is 1. The number of amides is 1. The van der Waals surface area contributed by atoms with Gasteiger partial charge in [0, 0.05) is 18.7 Å². The lowest BCUT2D eigenvalue weighted by Gasteiger charge is -2.15. The summed E-state index contributed by atoms with van der Waals surface area (Å²) in [4.78, 5) is 12.3. The number of anilines is 2. The molecule has 0 unspecified atom stereocenters. The molecule has 1 amide bonds. The maximum Gasteiger partial charge on any atom is 0.226 e. The van der Waals surface area contributed by atoms with E-state index < -0.39 is 0 Å². The predicted octanol–water partition coefficient (Wildman–Crippen LogP) is 4.12. The molecule has 4 heteroatoms. The first-order chi connectivity index (χ1) is 11.7. The summed E-state index contributed by atoms with van der Waals surface area (Å²) in [6.45, 7) is 4.66. The molecule has 0 saturated heterocycles. The van der Waals surface area contributed by atoms with Crippen LogP contribution in [-0.4, -0.2) is 12.5 Å². The van der Waals surface area contributed by atoms with Crippen molar-refractivity contribution in [2.45, 2.75) is 33.1 Å². The number of rotatable bonds is 7. The molecule has 0 aliphatic rings. The van der Waals surface area contributed by atoms with Crippen LogP contribution in [0.1, 0.15) is 37.0 Å².